The van der Waals surface area contributed by atoms with E-state index in [4.69, 9.17) is 4.74 Å². The number of thiophene rings is 1. The van der Waals surface area contributed by atoms with Crippen molar-refractivity contribution in [1.29, 1.82) is 0 Å². The van der Waals surface area contributed by atoms with Gasteiger partial charge in [0.05, 0.1) is 21.0 Å². The van der Waals surface area contributed by atoms with Crippen LogP contribution in [0, 0.1) is 5.92 Å². The van der Waals surface area contributed by atoms with Crippen LogP contribution in [0.2, 0.25) is 0 Å². The number of aromatic amines is 1. The zero-order valence-electron chi connectivity index (χ0n) is 16.9. The summed E-state index contributed by atoms with van der Waals surface area (Å²) >= 11 is 5.12. The van der Waals surface area contributed by atoms with Gasteiger partial charge in [0.25, 0.3) is 5.91 Å². The van der Waals surface area contributed by atoms with E-state index in [2.05, 4.69) is 31.0 Å². The summed E-state index contributed by atoms with van der Waals surface area (Å²) in [5.74, 6) is 0.532. The normalized spacial score (nSPS) is 22.4. The zero-order valence-corrected chi connectivity index (χ0v) is 19.3. The van der Waals surface area contributed by atoms with Crippen LogP contribution in [-0.4, -0.2) is 71.8 Å². The van der Waals surface area contributed by atoms with Gasteiger partial charge >= 0.3 is 0 Å². The highest BCUT2D eigenvalue weighted by atomic mass is 79.9. The molecule has 0 bridgehead atoms. The molecule has 6 nitrogen and oxygen atoms in total. The summed E-state index contributed by atoms with van der Waals surface area (Å²) < 4.78 is 6.36. The molecule has 0 aromatic carbocycles. The van der Waals surface area contributed by atoms with Gasteiger partial charge in [-0.3, -0.25) is 9.89 Å². The number of methoxy groups -OCH3 is 1. The SMILES string of the molecule is COCCN(C[C@H]1CCCN2CCCC[C@H]12)C(=O)c1cc(-c2ccc(Br)s2)[nH]n1. The number of hydrogen-bond acceptors (Lipinski definition) is 5. The van der Waals surface area contributed by atoms with Crippen molar-refractivity contribution in [1.82, 2.24) is 20.0 Å². The smallest absolute Gasteiger partial charge is 0.274 e. The van der Waals surface area contributed by atoms with Crippen LogP contribution in [0.1, 0.15) is 42.6 Å². The lowest BCUT2D eigenvalue weighted by molar-refractivity contribution is 0.0313. The van der Waals surface area contributed by atoms with E-state index in [0.717, 1.165) is 20.9 Å². The number of rotatable bonds is 7. The molecule has 0 radical (unpaired) electrons. The number of fused-ring (bicyclic) bond motifs is 1. The largest absolute Gasteiger partial charge is 0.383 e. The number of piperidine rings is 2. The molecule has 0 saturated carbocycles. The molecule has 2 saturated heterocycles. The minimum absolute atomic E-state index is 0.00638. The first-order chi connectivity index (χ1) is 14.2. The first-order valence-electron chi connectivity index (χ1n) is 10.5. The Morgan fingerprint density at radius 3 is 3.00 bits per heavy atom. The predicted octanol–water partition coefficient (Wildman–Crippen LogP) is 4.25. The Labute approximate surface area is 184 Å². The van der Waals surface area contributed by atoms with Crippen LogP contribution in [0.5, 0.6) is 0 Å². The van der Waals surface area contributed by atoms with Crippen LogP contribution in [0.15, 0.2) is 22.0 Å². The quantitative estimate of drug-likeness (QED) is 0.642. The average Bonchev–Trinajstić information content (AvgIpc) is 3.40. The number of carbonyl (C=O) groups excluding carboxylic acids is 1. The molecule has 2 aliphatic rings. The highest BCUT2D eigenvalue weighted by Gasteiger charge is 2.35. The van der Waals surface area contributed by atoms with Gasteiger partial charge in [-0.05, 0) is 78.8 Å². The van der Waals surface area contributed by atoms with E-state index in [1.807, 2.05) is 23.1 Å². The Bertz CT molecular complexity index is 821. The molecule has 8 heteroatoms. The highest BCUT2D eigenvalue weighted by molar-refractivity contribution is 9.11. The second kappa shape index (κ2) is 9.73. The number of ether oxygens (including phenoxy) is 1. The number of amides is 1. The standard InChI is InChI=1S/C21H29BrN4O2S/c1-28-12-11-26(14-15-5-4-10-25-9-3-2-6-18(15)25)21(27)17-13-16(23-24-17)19-7-8-20(22)29-19/h7-8,13,15,18H,2-6,9-12,14H2,1H3,(H,23,24)/t15-,18-/m1/s1. The van der Waals surface area contributed by atoms with E-state index in [-0.39, 0.29) is 5.91 Å². The number of carbonyl (C=O) groups is 1. The predicted molar refractivity (Wildman–Crippen MR) is 119 cm³/mol. The molecule has 158 valence electrons. The summed E-state index contributed by atoms with van der Waals surface area (Å²) in [5.41, 5.74) is 1.36. The number of nitrogens with one attached hydrogen (secondary N) is 1. The molecular formula is C21H29BrN4O2S. The summed E-state index contributed by atoms with van der Waals surface area (Å²) in [6.45, 7) is 4.36. The summed E-state index contributed by atoms with van der Waals surface area (Å²) in [6.07, 6.45) is 6.31. The van der Waals surface area contributed by atoms with Crippen molar-refractivity contribution in [2.45, 2.75) is 38.1 Å². The first-order valence-corrected chi connectivity index (χ1v) is 12.1. The molecule has 0 aliphatic carbocycles. The minimum atomic E-state index is -0.00638. The Hall–Kier alpha value is -1.22. The van der Waals surface area contributed by atoms with Gasteiger partial charge in [0.15, 0.2) is 5.69 Å². The van der Waals surface area contributed by atoms with Crippen molar-refractivity contribution in [2.75, 3.05) is 39.9 Å². The van der Waals surface area contributed by atoms with Crippen molar-refractivity contribution >= 4 is 33.2 Å². The van der Waals surface area contributed by atoms with Gasteiger partial charge in [-0.25, -0.2) is 0 Å². The molecule has 2 fully saturated rings. The fourth-order valence-corrected chi connectivity index (χ4v) is 6.08. The van der Waals surface area contributed by atoms with Gasteiger partial charge in [-0.2, -0.15) is 5.10 Å². The van der Waals surface area contributed by atoms with Crippen molar-refractivity contribution in [3.63, 3.8) is 0 Å². The maximum atomic E-state index is 13.3. The lowest BCUT2D eigenvalue weighted by atomic mass is 9.83. The Morgan fingerprint density at radius 1 is 1.34 bits per heavy atom. The molecule has 4 rings (SSSR count). The van der Waals surface area contributed by atoms with Gasteiger partial charge in [0, 0.05) is 26.2 Å². The van der Waals surface area contributed by atoms with Crippen LogP contribution < -0.4 is 0 Å². The monoisotopic (exact) mass is 480 g/mol. The highest BCUT2D eigenvalue weighted by Crippen LogP contribution is 2.32. The molecule has 2 atom stereocenters. The van der Waals surface area contributed by atoms with Crippen molar-refractivity contribution < 1.29 is 9.53 Å². The lowest BCUT2D eigenvalue weighted by Crippen LogP contribution is -2.52. The van der Waals surface area contributed by atoms with Crippen molar-refractivity contribution in [3.8, 4) is 10.6 Å². The van der Waals surface area contributed by atoms with Gasteiger partial charge in [0.1, 0.15) is 0 Å². The Morgan fingerprint density at radius 2 is 2.21 bits per heavy atom. The van der Waals surface area contributed by atoms with Crippen LogP contribution in [0.4, 0.5) is 0 Å². The fraction of sp³-hybridized carbons (Fsp3) is 0.619. The first kappa shape index (κ1) is 21.0. The minimum Gasteiger partial charge on any atom is -0.383 e. The van der Waals surface area contributed by atoms with Gasteiger partial charge < -0.3 is 14.5 Å². The van der Waals surface area contributed by atoms with Crippen LogP contribution in [0.3, 0.4) is 0 Å². The van der Waals surface area contributed by atoms with E-state index in [1.165, 1.54) is 45.2 Å². The van der Waals surface area contributed by atoms with Crippen LogP contribution in [-0.2, 0) is 4.74 Å². The van der Waals surface area contributed by atoms with Gasteiger partial charge in [0.2, 0.25) is 0 Å². The number of aromatic nitrogens is 2. The van der Waals surface area contributed by atoms with E-state index >= 15 is 0 Å². The molecule has 2 aliphatic heterocycles. The van der Waals surface area contributed by atoms with Crippen molar-refractivity contribution in [2.24, 2.45) is 5.92 Å². The molecule has 0 spiro atoms. The molecule has 0 unspecified atom stereocenters. The topological polar surface area (TPSA) is 61.5 Å². The fourth-order valence-electron chi connectivity index (χ4n) is 4.73. The molecule has 1 N–H and O–H groups in total. The third-order valence-corrected chi connectivity index (χ3v) is 7.83. The second-order valence-corrected chi connectivity index (χ2v) is 10.5. The van der Waals surface area contributed by atoms with Crippen LogP contribution >= 0.6 is 27.3 Å². The second-order valence-electron chi connectivity index (χ2n) is 8.02. The molecule has 2 aromatic heterocycles. The molecule has 29 heavy (non-hydrogen) atoms. The van der Waals surface area contributed by atoms with E-state index in [9.17, 15) is 4.79 Å². The van der Waals surface area contributed by atoms with Gasteiger partial charge in [-0.15, -0.1) is 11.3 Å². The van der Waals surface area contributed by atoms with Crippen molar-refractivity contribution in [3.05, 3.63) is 27.7 Å². The molecule has 4 heterocycles. The molecule has 2 aromatic rings. The summed E-state index contributed by atoms with van der Waals surface area (Å²) in [4.78, 5) is 19.0. The summed E-state index contributed by atoms with van der Waals surface area (Å²) in [5, 5.41) is 7.36. The van der Waals surface area contributed by atoms with E-state index < -0.39 is 0 Å². The summed E-state index contributed by atoms with van der Waals surface area (Å²) in [7, 11) is 1.69. The molecule has 1 amide bonds. The number of halogens is 1. The van der Waals surface area contributed by atoms with Crippen LogP contribution in [0.25, 0.3) is 10.6 Å². The third kappa shape index (κ3) is 4.93. The third-order valence-electron chi connectivity index (χ3n) is 6.17. The lowest BCUT2D eigenvalue weighted by Gasteiger charge is -2.45. The molecular weight excluding hydrogens is 452 g/mol. The number of H-pyrrole nitrogens is 1. The summed E-state index contributed by atoms with van der Waals surface area (Å²) in [6, 6.07) is 6.52. The van der Waals surface area contributed by atoms with E-state index in [1.54, 1.807) is 18.4 Å². The maximum Gasteiger partial charge on any atom is 0.274 e. The Balaban J connectivity index is 1.48. The Kier molecular flexibility index (Phi) is 7.05. The average molecular weight is 481 g/mol. The number of hydrogen-bond donors (Lipinski definition) is 1. The van der Waals surface area contributed by atoms with E-state index in [0.29, 0.717) is 30.8 Å². The van der Waals surface area contributed by atoms with Gasteiger partial charge in [-0.1, -0.05) is 6.42 Å². The number of nitrogens with zero attached hydrogens (tertiary/aromatic N) is 3. The maximum absolute atomic E-state index is 13.3. The zero-order chi connectivity index (χ0) is 20.2.